The van der Waals surface area contributed by atoms with Gasteiger partial charge in [0, 0.05) is 10.0 Å². The molecule has 4 rings (SSSR count). The van der Waals surface area contributed by atoms with E-state index in [1.165, 1.54) is 25.3 Å². The van der Waals surface area contributed by atoms with E-state index in [1.807, 2.05) is 0 Å². The van der Waals surface area contributed by atoms with E-state index in [0.717, 1.165) is 4.90 Å². The van der Waals surface area contributed by atoms with Gasteiger partial charge in [-0.3, -0.25) is 9.69 Å². The molecule has 1 aliphatic heterocycles. The number of carbonyl (C=O) groups is 3. The minimum atomic E-state index is -1.17. The van der Waals surface area contributed by atoms with Gasteiger partial charge in [-0.1, -0.05) is 35.3 Å². The highest BCUT2D eigenvalue weighted by Crippen LogP contribution is 2.30. The number of carboxylic acid groups (broad SMARTS) is 1. The van der Waals surface area contributed by atoms with Gasteiger partial charge in [-0.25, -0.2) is 9.59 Å². The lowest BCUT2D eigenvalue weighted by atomic mass is 10.1. The molecule has 1 saturated heterocycles. The van der Waals surface area contributed by atoms with Crippen molar-refractivity contribution in [3.8, 4) is 11.5 Å². The number of urea groups is 1. The van der Waals surface area contributed by atoms with Crippen LogP contribution in [0.3, 0.4) is 0 Å². The number of carbonyl (C=O) groups excluding carboxylic acids is 2. The van der Waals surface area contributed by atoms with Crippen LogP contribution >= 0.6 is 23.2 Å². The van der Waals surface area contributed by atoms with Crippen molar-refractivity contribution in [2.75, 3.05) is 7.11 Å². The largest absolute Gasteiger partial charge is 0.493 e. The van der Waals surface area contributed by atoms with Gasteiger partial charge in [-0.05, 0) is 53.6 Å². The number of hydrogen-bond acceptors (Lipinski definition) is 6. The Bertz CT molecular complexity index is 1350. The molecule has 0 atom stereocenters. The summed E-state index contributed by atoms with van der Waals surface area (Å²) in [5, 5.41) is 12.3. The van der Waals surface area contributed by atoms with Crippen molar-refractivity contribution >= 4 is 47.2 Å². The van der Waals surface area contributed by atoms with E-state index >= 15 is 0 Å². The topological polar surface area (TPSA) is 118 Å². The maximum atomic E-state index is 12.8. The van der Waals surface area contributed by atoms with E-state index in [4.69, 9.17) is 42.2 Å². The lowest BCUT2D eigenvalue weighted by Gasteiger charge is -2.13. The molecule has 9 nitrogen and oxygen atoms in total. The number of hydrogen-bond donors (Lipinski definition) is 2. The zero-order valence-electron chi connectivity index (χ0n) is 18.2. The molecule has 1 fully saturated rings. The monoisotopic (exact) mass is 516 g/mol. The third-order valence-electron chi connectivity index (χ3n) is 5.05. The molecule has 2 heterocycles. The van der Waals surface area contributed by atoms with Crippen molar-refractivity contribution in [3.05, 3.63) is 86.9 Å². The number of imide groups is 1. The molecule has 11 heteroatoms. The number of rotatable bonds is 8. The zero-order valence-corrected chi connectivity index (χ0v) is 19.7. The maximum absolute atomic E-state index is 12.8. The summed E-state index contributed by atoms with van der Waals surface area (Å²) >= 11 is 12.1. The highest BCUT2D eigenvalue weighted by molar-refractivity contribution is 6.35. The molecular weight excluding hydrogens is 499 g/mol. The third kappa shape index (κ3) is 5.42. The summed E-state index contributed by atoms with van der Waals surface area (Å²) in [4.78, 5) is 37.2. The lowest BCUT2D eigenvalue weighted by Crippen LogP contribution is -2.30. The molecule has 0 aliphatic carbocycles. The van der Waals surface area contributed by atoms with Gasteiger partial charge in [0.1, 0.15) is 18.1 Å². The number of nitrogens with zero attached hydrogens (tertiary/aromatic N) is 1. The number of ether oxygens (including phenoxy) is 2. The van der Waals surface area contributed by atoms with Gasteiger partial charge in [0.25, 0.3) is 5.91 Å². The number of halogens is 2. The fourth-order valence-electron chi connectivity index (χ4n) is 3.31. The normalized spacial score (nSPS) is 14.4. The first-order valence-electron chi connectivity index (χ1n) is 10.2. The highest BCUT2D eigenvalue weighted by Gasteiger charge is 2.34. The van der Waals surface area contributed by atoms with Crippen LogP contribution in [0.15, 0.2) is 58.6 Å². The molecule has 0 bridgehead atoms. The molecule has 35 heavy (non-hydrogen) atoms. The Balaban J connectivity index is 1.48. The van der Waals surface area contributed by atoms with Crippen LogP contribution < -0.4 is 14.8 Å². The Morgan fingerprint density at radius 1 is 1.11 bits per heavy atom. The second-order valence-corrected chi connectivity index (χ2v) is 8.23. The quantitative estimate of drug-likeness (QED) is 0.320. The number of methoxy groups -OCH3 is 1. The fourth-order valence-corrected chi connectivity index (χ4v) is 3.78. The van der Waals surface area contributed by atoms with Crippen LogP contribution in [0.1, 0.15) is 27.4 Å². The number of carboxylic acids is 1. The molecule has 0 saturated carbocycles. The zero-order chi connectivity index (χ0) is 25.1. The first kappa shape index (κ1) is 24.2. The summed E-state index contributed by atoms with van der Waals surface area (Å²) in [6.07, 6.45) is 1.52. The number of furan rings is 1. The van der Waals surface area contributed by atoms with Crippen LogP contribution in [0.4, 0.5) is 4.79 Å². The molecular formula is C24H18Cl2N2O7. The second kappa shape index (κ2) is 10.1. The first-order valence-corrected chi connectivity index (χ1v) is 10.9. The summed E-state index contributed by atoms with van der Waals surface area (Å²) < 4.78 is 16.2. The van der Waals surface area contributed by atoms with Crippen LogP contribution in [0, 0.1) is 0 Å². The molecule has 3 aromatic rings. The van der Waals surface area contributed by atoms with E-state index < -0.39 is 17.9 Å². The van der Waals surface area contributed by atoms with Crippen molar-refractivity contribution in [1.29, 1.82) is 0 Å². The number of nitrogens with one attached hydrogen (secondary N) is 1. The average Bonchev–Trinajstić information content (AvgIpc) is 3.40. The summed E-state index contributed by atoms with van der Waals surface area (Å²) in [5.41, 5.74) is 1.25. The van der Waals surface area contributed by atoms with Crippen molar-refractivity contribution in [3.63, 3.8) is 0 Å². The van der Waals surface area contributed by atoms with Gasteiger partial charge < -0.3 is 24.3 Å². The van der Waals surface area contributed by atoms with Crippen LogP contribution in [0.2, 0.25) is 10.0 Å². The molecule has 2 N–H and O–H groups in total. The van der Waals surface area contributed by atoms with Crippen LogP contribution in [-0.2, 0) is 17.9 Å². The van der Waals surface area contributed by atoms with Gasteiger partial charge in [0.15, 0.2) is 11.5 Å². The highest BCUT2D eigenvalue weighted by atomic mass is 35.5. The smallest absolute Gasteiger partial charge is 0.371 e. The minimum absolute atomic E-state index is 0.00944. The van der Waals surface area contributed by atoms with E-state index in [0.29, 0.717) is 38.4 Å². The second-order valence-electron chi connectivity index (χ2n) is 7.39. The van der Waals surface area contributed by atoms with E-state index in [-0.39, 0.29) is 24.6 Å². The van der Waals surface area contributed by atoms with E-state index in [9.17, 15) is 14.4 Å². The third-order valence-corrected chi connectivity index (χ3v) is 5.63. The number of amides is 3. The van der Waals surface area contributed by atoms with Crippen molar-refractivity contribution in [2.24, 2.45) is 0 Å². The molecule has 180 valence electrons. The van der Waals surface area contributed by atoms with Gasteiger partial charge in [0.2, 0.25) is 5.76 Å². The number of aromatic carboxylic acids is 1. The molecule has 1 aromatic heterocycles. The molecule has 2 aromatic carbocycles. The van der Waals surface area contributed by atoms with Crippen molar-refractivity contribution in [1.82, 2.24) is 10.2 Å². The van der Waals surface area contributed by atoms with Gasteiger partial charge in [-0.15, -0.1) is 0 Å². The summed E-state index contributed by atoms with van der Waals surface area (Å²) in [6.45, 7) is -0.0225. The Morgan fingerprint density at radius 3 is 2.60 bits per heavy atom. The Hall–Kier alpha value is -3.95. The van der Waals surface area contributed by atoms with Crippen molar-refractivity contribution < 1.29 is 33.4 Å². The number of benzene rings is 2. The molecule has 0 radical (unpaired) electrons. The average molecular weight is 517 g/mol. The predicted molar refractivity (Wildman–Crippen MR) is 127 cm³/mol. The maximum Gasteiger partial charge on any atom is 0.371 e. The van der Waals surface area contributed by atoms with Gasteiger partial charge in [-0.2, -0.15) is 0 Å². The van der Waals surface area contributed by atoms with Crippen molar-refractivity contribution in [2.45, 2.75) is 13.2 Å². The van der Waals surface area contributed by atoms with E-state index in [1.54, 1.807) is 36.4 Å². The van der Waals surface area contributed by atoms with Crippen LogP contribution in [0.5, 0.6) is 11.5 Å². The first-order chi connectivity index (χ1) is 16.7. The molecule has 3 amide bonds. The van der Waals surface area contributed by atoms with E-state index in [2.05, 4.69) is 5.32 Å². The van der Waals surface area contributed by atoms with Crippen LogP contribution in [-0.4, -0.2) is 35.0 Å². The minimum Gasteiger partial charge on any atom is -0.493 e. The predicted octanol–water partition coefficient (Wildman–Crippen LogP) is 4.97. The lowest BCUT2D eigenvalue weighted by molar-refractivity contribution is -0.123. The Kier molecular flexibility index (Phi) is 6.99. The Morgan fingerprint density at radius 2 is 1.91 bits per heavy atom. The summed E-state index contributed by atoms with van der Waals surface area (Å²) in [6, 6.07) is 12.0. The van der Waals surface area contributed by atoms with Crippen LogP contribution in [0.25, 0.3) is 6.08 Å². The SMILES string of the molecule is COc1cc(/C=C2\NC(=O)N(Cc3ccc(Cl)cc3Cl)C2=O)ccc1OCc1ccc(C(=O)O)o1. The standard InChI is InChI=1S/C24H18Cl2N2O7/c1-33-21-9-13(2-6-19(21)34-12-16-5-7-20(35-16)23(30)31)8-18-22(29)28(24(32)27-18)11-14-3-4-15(25)10-17(14)26/h2-10H,11-12H2,1H3,(H,27,32)(H,30,31)/b18-8-. The van der Waals surface area contributed by atoms with Gasteiger partial charge >= 0.3 is 12.0 Å². The molecule has 0 spiro atoms. The molecule has 1 aliphatic rings. The summed E-state index contributed by atoms with van der Waals surface area (Å²) in [7, 11) is 1.45. The Labute approximate surface area is 209 Å². The fraction of sp³-hybridized carbons (Fsp3) is 0.125. The summed E-state index contributed by atoms with van der Waals surface area (Å²) in [5.74, 6) is -0.791. The van der Waals surface area contributed by atoms with Gasteiger partial charge in [0.05, 0.1) is 13.7 Å². The molecule has 0 unspecified atom stereocenters.